The van der Waals surface area contributed by atoms with Crippen LogP contribution in [0, 0.1) is 5.92 Å². The number of carbonyl (C=O) groups excluding carboxylic acids is 2. The zero-order valence-corrected chi connectivity index (χ0v) is 16.8. The molecule has 0 saturated heterocycles. The van der Waals surface area contributed by atoms with E-state index in [1.807, 2.05) is 50.1 Å². The van der Waals surface area contributed by atoms with Crippen LogP contribution < -0.4 is 16.0 Å². The van der Waals surface area contributed by atoms with Crippen molar-refractivity contribution in [3.05, 3.63) is 29.8 Å². The van der Waals surface area contributed by atoms with Crippen molar-refractivity contribution in [1.82, 2.24) is 15.5 Å². The Morgan fingerprint density at radius 3 is 2.27 bits per heavy atom. The number of anilines is 1. The molecule has 1 rings (SSSR count). The monoisotopic (exact) mass is 362 g/mol. The molecular formula is C20H34N4O2. The van der Waals surface area contributed by atoms with Gasteiger partial charge < -0.3 is 20.9 Å². The maximum atomic E-state index is 12.8. The molecule has 0 aliphatic heterocycles. The lowest BCUT2D eigenvalue weighted by molar-refractivity contribution is -0.133. The van der Waals surface area contributed by atoms with Crippen LogP contribution >= 0.6 is 0 Å². The summed E-state index contributed by atoms with van der Waals surface area (Å²) in [5.41, 5.74) is 2.03. The van der Waals surface area contributed by atoms with Gasteiger partial charge in [0.1, 0.15) is 6.04 Å². The Hall–Kier alpha value is -2.24. The molecule has 0 radical (unpaired) electrons. The molecule has 0 aliphatic rings. The molecule has 3 amide bonds. The second kappa shape index (κ2) is 11.4. The summed E-state index contributed by atoms with van der Waals surface area (Å²) in [6.07, 6.45) is 1.53. The number of likely N-dealkylation sites (N-methyl/N-ethyl adjacent to an activating group) is 1. The number of urea groups is 1. The van der Waals surface area contributed by atoms with Crippen molar-refractivity contribution in [2.45, 2.75) is 53.1 Å². The normalized spacial score (nSPS) is 11.8. The predicted molar refractivity (Wildman–Crippen MR) is 107 cm³/mol. The standard InChI is InChI=1S/C20H34N4O2/c1-6-12-24(7-2)19(25)18(13-15(3)4)23-20(26)22-14-16-8-10-17(21-5)11-9-16/h8-11,15,18,21H,6-7,12-14H2,1-5H3,(H2,22,23,26). The third-order valence-corrected chi connectivity index (χ3v) is 4.19. The predicted octanol–water partition coefficient (Wildman–Crippen LogP) is 3.20. The van der Waals surface area contributed by atoms with Crippen LogP contribution in [0.25, 0.3) is 0 Å². The molecule has 0 bridgehead atoms. The van der Waals surface area contributed by atoms with Crippen molar-refractivity contribution >= 4 is 17.6 Å². The minimum atomic E-state index is -0.492. The van der Waals surface area contributed by atoms with Crippen LogP contribution in [0.1, 0.15) is 46.1 Å². The van der Waals surface area contributed by atoms with E-state index >= 15 is 0 Å². The summed E-state index contributed by atoms with van der Waals surface area (Å²) in [6.45, 7) is 9.92. The van der Waals surface area contributed by atoms with Gasteiger partial charge in [-0.2, -0.15) is 0 Å². The Bertz CT molecular complexity index is 557. The SMILES string of the molecule is CCCN(CC)C(=O)C(CC(C)C)NC(=O)NCc1ccc(NC)cc1. The highest BCUT2D eigenvalue weighted by molar-refractivity contribution is 5.87. The number of rotatable bonds is 10. The summed E-state index contributed by atoms with van der Waals surface area (Å²) < 4.78 is 0. The Morgan fingerprint density at radius 1 is 1.12 bits per heavy atom. The lowest BCUT2D eigenvalue weighted by Crippen LogP contribution is -2.51. The molecule has 0 heterocycles. The Balaban J connectivity index is 2.64. The maximum Gasteiger partial charge on any atom is 0.315 e. The van der Waals surface area contributed by atoms with Crippen LogP contribution in [0.4, 0.5) is 10.5 Å². The van der Waals surface area contributed by atoms with Crippen molar-refractivity contribution in [3.63, 3.8) is 0 Å². The third-order valence-electron chi connectivity index (χ3n) is 4.19. The van der Waals surface area contributed by atoms with Gasteiger partial charge >= 0.3 is 6.03 Å². The Labute approximate surface area is 157 Å². The number of carbonyl (C=O) groups is 2. The molecular weight excluding hydrogens is 328 g/mol. The number of nitrogens with zero attached hydrogens (tertiary/aromatic N) is 1. The van der Waals surface area contributed by atoms with E-state index in [-0.39, 0.29) is 11.9 Å². The van der Waals surface area contributed by atoms with Crippen LogP contribution in [0.2, 0.25) is 0 Å². The quantitative estimate of drug-likeness (QED) is 0.598. The van der Waals surface area contributed by atoms with Crippen LogP contribution in [0.3, 0.4) is 0 Å². The molecule has 0 aliphatic carbocycles. The van der Waals surface area contributed by atoms with Gasteiger partial charge in [-0.05, 0) is 43.4 Å². The molecule has 26 heavy (non-hydrogen) atoms. The van der Waals surface area contributed by atoms with E-state index in [0.29, 0.717) is 32.0 Å². The number of amides is 3. The van der Waals surface area contributed by atoms with Gasteiger partial charge in [0.2, 0.25) is 5.91 Å². The van der Waals surface area contributed by atoms with E-state index in [2.05, 4.69) is 29.8 Å². The Kier molecular flexibility index (Phi) is 9.55. The van der Waals surface area contributed by atoms with Gasteiger partial charge in [0, 0.05) is 32.4 Å². The van der Waals surface area contributed by atoms with Crippen molar-refractivity contribution in [2.75, 3.05) is 25.5 Å². The summed E-state index contributed by atoms with van der Waals surface area (Å²) >= 11 is 0. The van der Waals surface area contributed by atoms with Crippen molar-refractivity contribution in [3.8, 4) is 0 Å². The van der Waals surface area contributed by atoms with Gasteiger partial charge in [0.15, 0.2) is 0 Å². The van der Waals surface area contributed by atoms with Gasteiger partial charge in [-0.15, -0.1) is 0 Å². The maximum absolute atomic E-state index is 12.8. The van der Waals surface area contributed by atoms with Gasteiger partial charge in [0.25, 0.3) is 0 Å². The van der Waals surface area contributed by atoms with Gasteiger partial charge in [-0.1, -0.05) is 32.9 Å². The highest BCUT2D eigenvalue weighted by Gasteiger charge is 2.25. The fourth-order valence-corrected chi connectivity index (χ4v) is 2.79. The first-order valence-corrected chi connectivity index (χ1v) is 9.51. The molecule has 0 saturated carbocycles. The lowest BCUT2D eigenvalue weighted by Gasteiger charge is -2.27. The van der Waals surface area contributed by atoms with E-state index in [9.17, 15) is 9.59 Å². The van der Waals surface area contributed by atoms with E-state index in [0.717, 1.165) is 17.7 Å². The molecule has 6 heteroatoms. The summed E-state index contributed by atoms with van der Waals surface area (Å²) in [4.78, 5) is 26.9. The molecule has 6 nitrogen and oxygen atoms in total. The second-order valence-electron chi connectivity index (χ2n) is 6.87. The molecule has 1 aromatic carbocycles. The molecule has 0 fully saturated rings. The first-order chi connectivity index (χ1) is 12.4. The lowest BCUT2D eigenvalue weighted by atomic mass is 10.0. The van der Waals surface area contributed by atoms with Crippen molar-refractivity contribution in [1.29, 1.82) is 0 Å². The second-order valence-corrected chi connectivity index (χ2v) is 6.87. The minimum absolute atomic E-state index is 0.00317. The molecule has 1 unspecified atom stereocenters. The highest BCUT2D eigenvalue weighted by atomic mass is 16.2. The third kappa shape index (κ3) is 7.33. The number of hydrogen-bond acceptors (Lipinski definition) is 3. The number of benzene rings is 1. The van der Waals surface area contributed by atoms with Gasteiger partial charge in [0.05, 0.1) is 0 Å². The van der Waals surface area contributed by atoms with E-state index < -0.39 is 6.04 Å². The van der Waals surface area contributed by atoms with Gasteiger partial charge in [-0.25, -0.2) is 4.79 Å². The molecule has 3 N–H and O–H groups in total. The summed E-state index contributed by atoms with van der Waals surface area (Å²) in [7, 11) is 1.87. The number of nitrogens with one attached hydrogen (secondary N) is 3. The average molecular weight is 363 g/mol. The largest absolute Gasteiger partial charge is 0.388 e. The fraction of sp³-hybridized carbons (Fsp3) is 0.600. The highest BCUT2D eigenvalue weighted by Crippen LogP contribution is 2.10. The smallest absolute Gasteiger partial charge is 0.315 e. The van der Waals surface area contributed by atoms with Crippen molar-refractivity contribution in [2.24, 2.45) is 5.92 Å². The fourth-order valence-electron chi connectivity index (χ4n) is 2.79. The zero-order chi connectivity index (χ0) is 19.5. The zero-order valence-electron chi connectivity index (χ0n) is 16.8. The van der Waals surface area contributed by atoms with Crippen LogP contribution in [-0.2, 0) is 11.3 Å². The molecule has 0 aromatic heterocycles. The van der Waals surface area contributed by atoms with Gasteiger partial charge in [-0.3, -0.25) is 4.79 Å². The first kappa shape index (κ1) is 21.8. The van der Waals surface area contributed by atoms with E-state index in [1.165, 1.54) is 0 Å². The van der Waals surface area contributed by atoms with Crippen LogP contribution in [0.5, 0.6) is 0 Å². The average Bonchev–Trinajstić information content (AvgIpc) is 2.63. The van der Waals surface area contributed by atoms with E-state index in [1.54, 1.807) is 0 Å². The summed E-state index contributed by atoms with van der Waals surface area (Å²) in [6, 6.07) is 7.04. The number of hydrogen-bond donors (Lipinski definition) is 3. The first-order valence-electron chi connectivity index (χ1n) is 9.51. The van der Waals surface area contributed by atoms with E-state index in [4.69, 9.17) is 0 Å². The Morgan fingerprint density at radius 2 is 1.77 bits per heavy atom. The summed E-state index contributed by atoms with van der Waals surface area (Å²) in [5, 5.41) is 8.76. The molecule has 146 valence electrons. The molecule has 0 spiro atoms. The van der Waals surface area contributed by atoms with Crippen LogP contribution in [-0.4, -0.2) is 43.0 Å². The molecule has 1 atom stereocenters. The van der Waals surface area contributed by atoms with Crippen molar-refractivity contribution < 1.29 is 9.59 Å². The van der Waals surface area contributed by atoms with Crippen LogP contribution in [0.15, 0.2) is 24.3 Å². The molecule has 1 aromatic rings. The summed E-state index contributed by atoms with van der Waals surface area (Å²) in [5.74, 6) is 0.315. The minimum Gasteiger partial charge on any atom is -0.388 e. The topological polar surface area (TPSA) is 73.5 Å².